The molecule has 2 heterocycles. The number of pyridine rings is 1. The summed E-state index contributed by atoms with van der Waals surface area (Å²) in [6.45, 7) is 4.80. The van der Waals surface area contributed by atoms with Gasteiger partial charge in [-0.3, -0.25) is 0 Å². The maximum Gasteiger partial charge on any atom is 0.240 e. The Morgan fingerprint density at radius 1 is 1.07 bits per heavy atom. The van der Waals surface area contributed by atoms with Gasteiger partial charge in [0.25, 0.3) is 0 Å². The zero-order valence-corrected chi connectivity index (χ0v) is 17.5. The van der Waals surface area contributed by atoms with E-state index in [1.54, 1.807) is 19.2 Å². The van der Waals surface area contributed by atoms with Crippen molar-refractivity contribution in [3.8, 4) is 5.75 Å². The van der Waals surface area contributed by atoms with E-state index >= 15 is 0 Å². The van der Waals surface area contributed by atoms with Crippen LogP contribution < -0.4 is 9.46 Å². The van der Waals surface area contributed by atoms with Crippen LogP contribution in [0, 0.1) is 13.8 Å². The summed E-state index contributed by atoms with van der Waals surface area (Å²) >= 11 is 0. The highest BCUT2D eigenvalue weighted by Gasteiger charge is 2.16. The minimum atomic E-state index is -3.60. The highest BCUT2D eigenvalue weighted by molar-refractivity contribution is 7.89. The van der Waals surface area contributed by atoms with E-state index in [4.69, 9.17) is 9.72 Å². The number of nitrogens with zero attached hydrogens (tertiary/aromatic N) is 2. The van der Waals surface area contributed by atoms with Gasteiger partial charge in [-0.05, 0) is 55.8 Å². The van der Waals surface area contributed by atoms with Crippen molar-refractivity contribution in [2.24, 2.45) is 0 Å². The lowest BCUT2D eigenvalue weighted by atomic mass is 10.1. The van der Waals surface area contributed by atoms with Crippen LogP contribution in [0.5, 0.6) is 5.75 Å². The van der Waals surface area contributed by atoms with Crippen LogP contribution in [0.3, 0.4) is 0 Å². The lowest BCUT2D eigenvalue weighted by Crippen LogP contribution is -2.27. The molecule has 0 radical (unpaired) electrons. The average Bonchev–Trinajstić information content (AvgIpc) is 3.02. The van der Waals surface area contributed by atoms with Crippen LogP contribution in [0.15, 0.2) is 59.5 Å². The third-order valence-electron chi connectivity index (χ3n) is 5.04. The second kappa shape index (κ2) is 7.50. The van der Waals surface area contributed by atoms with E-state index in [9.17, 15) is 8.42 Å². The molecule has 29 heavy (non-hydrogen) atoms. The molecule has 0 fully saturated rings. The first-order valence-electron chi connectivity index (χ1n) is 9.39. The van der Waals surface area contributed by atoms with Crippen molar-refractivity contribution >= 4 is 32.0 Å². The third kappa shape index (κ3) is 3.59. The summed E-state index contributed by atoms with van der Waals surface area (Å²) < 4.78 is 35.1. The van der Waals surface area contributed by atoms with E-state index in [2.05, 4.69) is 28.3 Å². The molecule has 0 saturated carbocycles. The quantitative estimate of drug-likeness (QED) is 0.526. The largest absolute Gasteiger partial charge is 0.497 e. The van der Waals surface area contributed by atoms with Crippen molar-refractivity contribution in [3.05, 3.63) is 65.9 Å². The molecule has 0 spiro atoms. The van der Waals surface area contributed by atoms with Crippen LogP contribution in [-0.4, -0.2) is 31.6 Å². The molecule has 0 atom stereocenters. The molecule has 1 N–H and O–H groups in total. The van der Waals surface area contributed by atoms with Gasteiger partial charge in [0.05, 0.1) is 17.5 Å². The van der Waals surface area contributed by atoms with E-state index in [1.807, 2.05) is 25.1 Å². The van der Waals surface area contributed by atoms with Gasteiger partial charge < -0.3 is 9.30 Å². The molecule has 7 heteroatoms. The van der Waals surface area contributed by atoms with Crippen molar-refractivity contribution < 1.29 is 13.2 Å². The number of aryl methyl sites for hydroxylation is 2. The molecular weight excluding hydrogens is 386 g/mol. The number of ether oxygens (including phenoxy) is 1. The second-order valence-corrected chi connectivity index (χ2v) is 8.79. The standard InChI is InChI=1S/C22H23N3O3S/c1-15-14-16(2)24-22-21(15)19-6-4-5-7-20(19)25(22)13-12-23-29(26,27)18-10-8-17(28-3)9-11-18/h4-11,14,23H,12-13H2,1-3H3. The molecule has 2 aromatic heterocycles. The Kier molecular flexibility index (Phi) is 5.02. The van der Waals surface area contributed by atoms with Gasteiger partial charge >= 0.3 is 0 Å². The number of hydrogen-bond acceptors (Lipinski definition) is 4. The van der Waals surface area contributed by atoms with Crippen molar-refractivity contribution in [1.29, 1.82) is 0 Å². The third-order valence-corrected chi connectivity index (χ3v) is 6.52. The number of para-hydroxylation sites is 1. The van der Waals surface area contributed by atoms with Gasteiger partial charge in [0, 0.05) is 29.6 Å². The number of fused-ring (bicyclic) bond motifs is 3. The van der Waals surface area contributed by atoms with Gasteiger partial charge in [-0.25, -0.2) is 18.1 Å². The fourth-order valence-electron chi connectivity index (χ4n) is 3.74. The van der Waals surface area contributed by atoms with Gasteiger partial charge in [-0.1, -0.05) is 18.2 Å². The van der Waals surface area contributed by atoms with Crippen LogP contribution in [-0.2, 0) is 16.6 Å². The summed E-state index contributed by atoms with van der Waals surface area (Å²) in [5.41, 5.74) is 4.04. The van der Waals surface area contributed by atoms with E-state index in [1.165, 1.54) is 17.7 Å². The number of nitrogens with one attached hydrogen (secondary N) is 1. The maximum absolute atomic E-state index is 12.6. The zero-order chi connectivity index (χ0) is 20.6. The fraction of sp³-hybridized carbons (Fsp3) is 0.227. The minimum Gasteiger partial charge on any atom is -0.497 e. The van der Waals surface area contributed by atoms with Gasteiger partial charge in [0.1, 0.15) is 11.4 Å². The van der Waals surface area contributed by atoms with Gasteiger partial charge in [-0.2, -0.15) is 0 Å². The van der Waals surface area contributed by atoms with Gasteiger partial charge in [-0.15, -0.1) is 0 Å². The highest BCUT2D eigenvalue weighted by Crippen LogP contribution is 2.30. The summed E-state index contributed by atoms with van der Waals surface area (Å²) in [7, 11) is -2.05. The van der Waals surface area contributed by atoms with Crippen LogP contribution in [0.2, 0.25) is 0 Å². The molecule has 0 aliphatic rings. The molecule has 0 saturated heterocycles. The molecule has 0 amide bonds. The maximum atomic E-state index is 12.6. The molecule has 6 nitrogen and oxygen atoms in total. The summed E-state index contributed by atoms with van der Waals surface area (Å²) in [4.78, 5) is 4.95. The Hall–Kier alpha value is -2.90. The van der Waals surface area contributed by atoms with E-state index < -0.39 is 10.0 Å². The van der Waals surface area contributed by atoms with Crippen molar-refractivity contribution in [1.82, 2.24) is 14.3 Å². The Morgan fingerprint density at radius 3 is 2.52 bits per heavy atom. The van der Waals surface area contributed by atoms with Crippen LogP contribution in [0.25, 0.3) is 21.9 Å². The second-order valence-electron chi connectivity index (χ2n) is 7.02. The van der Waals surface area contributed by atoms with Crippen LogP contribution in [0.1, 0.15) is 11.3 Å². The molecule has 0 bridgehead atoms. The minimum absolute atomic E-state index is 0.213. The van der Waals surface area contributed by atoms with E-state index in [-0.39, 0.29) is 11.4 Å². The molecule has 0 aliphatic heterocycles. The molecule has 150 valence electrons. The monoisotopic (exact) mass is 409 g/mol. The molecule has 4 aromatic rings. The predicted octanol–water partition coefficient (Wildman–Crippen LogP) is 3.79. The van der Waals surface area contributed by atoms with Gasteiger partial charge in [0.2, 0.25) is 10.0 Å². The number of methoxy groups -OCH3 is 1. The van der Waals surface area contributed by atoms with E-state index in [0.717, 1.165) is 27.6 Å². The highest BCUT2D eigenvalue weighted by atomic mass is 32.2. The normalized spacial score (nSPS) is 12.0. The Labute approximate surface area is 170 Å². The summed E-state index contributed by atoms with van der Waals surface area (Å²) in [5, 5.41) is 2.25. The number of rotatable bonds is 6. The lowest BCUT2D eigenvalue weighted by Gasteiger charge is -2.10. The van der Waals surface area contributed by atoms with Gasteiger partial charge in [0.15, 0.2) is 0 Å². The molecule has 4 rings (SSSR count). The van der Waals surface area contributed by atoms with Crippen LogP contribution >= 0.6 is 0 Å². The van der Waals surface area contributed by atoms with E-state index in [0.29, 0.717) is 12.3 Å². The molecule has 2 aromatic carbocycles. The van der Waals surface area contributed by atoms with Crippen molar-refractivity contribution in [3.63, 3.8) is 0 Å². The topological polar surface area (TPSA) is 73.2 Å². The molecule has 0 aliphatic carbocycles. The number of sulfonamides is 1. The summed E-state index contributed by atoms with van der Waals surface area (Å²) in [6.07, 6.45) is 0. The van der Waals surface area contributed by atoms with Crippen molar-refractivity contribution in [2.45, 2.75) is 25.3 Å². The summed E-state index contributed by atoms with van der Waals surface area (Å²) in [5.74, 6) is 0.617. The zero-order valence-electron chi connectivity index (χ0n) is 16.6. The molecular formula is C22H23N3O3S. The Balaban J connectivity index is 1.64. The molecule has 0 unspecified atom stereocenters. The predicted molar refractivity (Wildman–Crippen MR) is 115 cm³/mol. The summed E-state index contributed by atoms with van der Waals surface area (Å²) in [6, 6.07) is 16.5. The number of hydrogen-bond donors (Lipinski definition) is 1. The first kappa shape index (κ1) is 19.4. The fourth-order valence-corrected chi connectivity index (χ4v) is 4.76. The van der Waals surface area contributed by atoms with Crippen LogP contribution in [0.4, 0.5) is 0 Å². The Morgan fingerprint density at radius 2 is 1.79 bits per heavy atom. The smallest absolute Gasteiger partial charge is 0.240 e. The first-order chi connectivity index (χ1) is 13.9. The SMILES string of the molecule is COc1ccc(S(=O)(=O)NCCn2c3ccccc3c3c(C)cc(C)nc32)cc1. The average molecular weight is 410 g/mol. The first-order valence-corrected chi connectivity index (χ1v) is 10.9. The van der Waals surface area contributed by atoms with Crippen molar-refractivity contribution in [2.75, 3.05) is 13.7 Å². The number of benzene rings is 2. The number of aromatic nitrogens is 2. The lowest BCUT2D eigenvalue weighted by molar-refractivity contribution is 0.414. The Bertz CT molecular complexity index is 1290.